The van der Waals surface area contributed by atoms with Gasteiger partial charge in [0.2, 0.25) is 0 Å². The van der Waals surface area contributed by atoms with Crippen LogP contribution in [-0.2, 0) is 0 Å². The van der Waals surface area contributed by atoms with Crippen LogP contribution in [0.5, 0.6) is 0 Å². The topological polar surface area (TPSA) is 47.3 Å². The van der Waals surface area contributed by atoms with Crippen molar-refractivity contribution >= 4 is 0 Å². The average Bonchev–Trinajstić information content (AvgIpc) is 2.27. The summed E-state index contributed by atoms with van der Waals surface area (Å²) in [5.41, 5.74) is 0. The first-order chi connectivity index (χ1) is 7.38. The normalized spacial score (nSPS) is 22.5. The Hall–Kier alpha value is -0.590. The fourth-order valence-corrected chi connectivity index (χ4v) is 2.35. The molecule has 0 aromatic carbocycles. The molecule has 0 amide bonds. The van der Waals surface area contributed by atoms with Gasteiger partial charge in [-0.15, -0.1) is 0 Å². The average molecular weight is 210 g/mol. The van der Waals surface area contributed by atoms with Gasteiger partial charge in [0.25, 0.3) is 0 Å². The lowest BCUT2D eigenvalue weighted by Gasteiger charge is -2.35. The second-order valence-electron chi connectivity index (χ2n) is 4.31. The monoisotopic (exact) mass is 210 g/mol. The minimum Gasteiger partial charge on any atom is -0.396 e. The van der Waals surface area contributed by atoms with E-state index in [1.54, 1.807) is 0 Å². The van der Waals surface area contributed by atoms with Crippen LogP contribution in [0.25, 0.3) is 0 Å². The van der Waals surface area contributed by atoms with E-state index >= 15 is 0 Å². The number of likely N-dealkylation sites (tertiary alicyclic amines) is 1. The number of nitrogens with zero attached hydrogens (tertiary/aromatic N) is 2. The molecular weight excluding hydrogens is 188 g/mol. The molecule has 1 aliphatic heterocycles. The van der Waals surface area contributed by atoms with E-state index in [-0.39, 0.29) is 0 Å². The number of piperidine rings is 1. The third-order valence-corrected chi connectivity index (χ3v) is 3.20. The maximum atomic E-state index is 8.98. The van der Waals surface area contributed by atoms with E-state index in [9.17, 15) is 0 Å². The van der Waals surface area contributed by atoms with Crippen LogP contribution in [0.15, 0.2) is 0 Å². The lowest BCUT2D eigenvalue weighted by atomic mass is 9.99. The van der Waals surface area contributed by atoms with Crippen LogP contribution in [0.2, 0.25) is 0 Å². The molecule has 1 aliphatic rings. The Morgan fingerprint density at radius 1 is 1.33 bits per heavy atom. The van der Waals surface area contributed by atoms with Crippen molar-refractivity contribution < 1.29 is 5.11 Å². The Kier molecular flexibility index (Phi) is 6.38. The van der Waals surface area contributed by atoms with Gasteiger partial charge in [-0.3, -0.25) is 0 Å². The number of hydrogen-bond donors (Lipinski definition) is 1. The number of aliphatic hydroxyl groups is 1. The first-order valence-electron chi connectivity index (χ1n) is 6.10. The molecule has 15 heavy (non-hydrogen) atoms. The molecule has 0 aromatic heterocycles. The van der Waals surface area contributed by atoms with Crippen LogP contribution in [0.4, 0.5) is 0 Å². The molecule has 0 radical (unpaired) electrons. The summed E-state index contributed by atoms with van der Waals surface area (Å²) in [5, 5.41) is 17.4. The number of nitriles is 1. The van der Waals surface area contributed by atoms with Gasteiger partial charge in [0, 0.05) is 19.1 Å². The van der Waals surface area contributed by atoms with Gasteiger partial charge in [-0.2, -0.15) is 5.26 Å². The maximum absolute atomic E-state index is 8.98. The molecule has 1 fully saturated rings. The number of rotatable bonds is 6. The summed E-state index contributed by atoms with van der Waals surface area (Å²) in [5.74, 6) is 0. The van der Waals surface area contributed by atoms with E-state index in [2.05, 4.69) is 11.0 Å². The molecule has 3 nitrogen and oxygen atoms in total. The Morgan fingerprint density at radius 2 is 2.20 bits per heavy atom. The smallest absolute Gasteiger partial charge is 0.0621 e. The summed E-state index contributed by atoms with van der Waals surface area (Å²) < 4.78 is 0. The summed E-state index contributed by atoms with van der Waals surface area (Å²) in [6.07, 6.45) is 7.56. The van der Waals surface area contributed by atoms with Gasteiger partial charge in [-0.05, 0) is 45.2 Å². The third-order valence-electron chi connectivity index (χ3n) is 3.20. The standard InChI is InChI=1S/C12H22N2O/c13-8-3-1-4-9-14-10-5-2-6-12(14)7-11-15/h12,15H,1-7,9-11H2. The van der Waals surface area contributed by atoms with Crippen molar-refractivity contribution in [1.82, 2.24) is 4.90 Å². The summed E-state index contributed by atoms with van der Waals surface area (Å²) in [6, 6.07) is 2.77. The highest BCUT2D eigenvalue weighted by Gasteiger charge is 2.20. The van der Waals surface area contributed by atoms with E-state index in [4.69, 9.17) is 10.4 Å². The van der Waals surface area contributed by atoms with Gasteiger partial charge in [-0.25, -0.2) is 0 Å². The van der Waals surface area contributed by atoms with E-state index in [1.165, 1.54) is 25.8 Å². The van der Waals surface area contributed by atoms with Crippen molar-refractivity contribution in [3.63, 3.8) is 0 Å². The van der Waals surface area contributed by atoms with Crippen LogP contribution in [0, 0.1) is 11.3 Å². The molecule has 0 aromatic rings. The van der Waals surface area contributed by atoms with Crippen LogP contribution in [0.1, 0.15) is 44.9 Å². The Labute approximate surface area is 92.7 Å². The predicted molar refractivity (Wildman–Crippen MR) is 60.4 cm³/mol. The first kappa shape index (κ1) is 12.5. The van der Waals surface area contributed by atoms with Crippen LogP contribution >= 0.6 is 0 Å². The van der Waals surface area contributed by atoms with Gasteiger partial charge < -0.3 is 10.0 Å². The highest BCUT2D eigenvalue weighted by Crippen LogP contribution is 2.19. The Morgan fingerprint density at radius 3 is 2.93 bits per heavy atom. The predicted octanol–water partition coefficient (Wildman–Crippen LogP) is 1.92. The summed E-state index contributed by atoms with van der Waals surface area (Å²) >= 11 is 0. The summed E-state index contributed by atoms with van der Waals surface area (Å²) in [6.45, 7) is 2.59. The molecule has 1 N–H and O–H groups in total. The minimum absolute atomic E-state index is 0.305. The fraction of sp³-hybridized carbons (Fsp3) is 0.917. The van der Waals surface area contributed by atoms with Crippen molar-refractivity contribution in [2.24, 2.45) is 0 Å². The lowest BCUT2D eigenvalue weighted by Crippen LogP contribution is -2.40. The van der Waals surface area contributed by atoms with Crippen molar-refractivity contribution in [1.29, 1.82) is 5.26 Å². The third kappa shape index (κ3) is 4.63. The molecule has 3 heteroatoms. The quantitative estimate of drug-likeness (QED) is 0.681. The number of aliphatic hydroxyl groups excluding tert-OH is 1. The molecule has 0 saturated carbocycles. The Balaban J connectivity index is 2.20. The molecule has 86 valence electrons. The molecule has 0 bridgehead atoms. The molecule has 1 atom stereocenters. The SMILES string of the molecule is N#CCCCCN1CCCCC1CCO. The van der Waals surface area contributed by atoms with E-state index in [0.29, 0.717) is 19.1 Å². The van der Waals surface area contributed by atoms with Crippen molar-refractivity contribution in [2.45, 2.75) is 51.0 Å². The number of hydrogen-bond acceptors (Lipinski definition) is 3. The van der Waals surface area contributed by atoms with Crippen molar-refractivity contribution in [3.05, 3.63) is 0 Å². The second-order valence-corrected chi connectivity index (χ2v) is 4.31. The van der Waals surface area contributed by atoms with E-state index in [0.717, 1.165) is 25.8 Å². The van der Waals surface area contributed by atoms with Crippen molar-refractivity contribution in [3.8, 4) is 6.07 Å². The Bertz CT molecular complexity index is 198. The molecular formula is C12H22N2O. The highest BCUT2D eigenvalue weighted by atomic mass is 16.3. The fourth-order valence-electron chi connectivity index (χ4n) is 2.35. The van der Waals surface area contributed by atoms with E-state index in [1.807, 2.05) is 0 Å². The van der Waals surface area contributed by atoms with Gasteiger partial charge in [-0.1, -0.05) is 6.42 Å². The molecule has 0 aliphatic carbocycles. The van der Waals surface area contributed by atoms with Crippen LogP contribution in [0.3, 0.4) is 0 Å². The molecule has 0 spiro atoms. The summed E-state index contributed by atoms with van der Waals surface area (Å²) in [4.78, 5) is 2.50. The van der Waals surface area contributed by atoms with Gasteiger partial charge >= 0.3 is 0 Å². The number of unbranched alkanes of at least 4 members (excludes halogenated alkanes) is 2. The van der Waals surface area contributed by atoms with Crippen LogP contribution in [-0.4, -0.2) is 35.7 Å². The first-order valence-corrected chi connectivity index (χ1v) is 6.10. The van der Waals surface area contributed by atoms with Crippen molar-refractivity contribution in [2.75, 3.05) is 19.7 Å². The van der Waals surface area contributed by atoms with Gasteiger partial charge in [0.05, 0.1) is 6.07 Å². The maximum Gasteiger partial charge on any atom is 0.0621 e. The zero-order valence-electron chi connectivity index (χ0n) is 9.49. The minimum atomic E-state index is 0.305. The zero-order valence-corrected chi connectivity index (χ0v) is 9.49. The summed E-state index contributed by atoms with van der Waals surface area (Å²) in [7, 11) is 0. The van der Waals surface area contributed by atoms with E-state index < -0.39 is 0 Å². The molecule has 1 rings (SSSR count). The van der Waals surface area contributed by atoms with Gasteiger partial charge in [0.1, 0.15) is 0 Å². The largest absolute Gasteiger partial charge is 0.396 e. The highest BCUT2D eigenvalue weighted by molar-refractivity contribution is 4.77. The second kappa shape index (κ2) is 7.67. The molecule has 1 unspecified atom stereocenters. The molecule has 1 saturated heterocycles. The van der Waals surface area contributed by atoms with Gasteiger partial charge in [0.15, 0.2) is 0 Å². The zero-order chi connectivity index (χ0) is 10.9. The molecule has 1 heterocycles. The van der Waals surface area contributed by atoms with Crippen LogP contribution < -0.4 is 0 Å². The lowest BCUT2D eigenvalue weighted by molar-refractivity contribution is 0.117.